The number of carbonyl (C=O) groups excluding carboxylic acids is 1. The van der Waals surface area contributed by atoms with Gasteiger partial charge >= 0.3 is 0 Å². The number of ether oxygens (including phenoxy) is 1. The number of carbonyl (C=O) groups is 1. The molecule has 4 atom stereocenters. The zero-order valence-corrected chi connectivity index (χ0v) is 15.2. The van der Waals surface area contributed by atoms with Crippen LogP contribution in [-0.2, 0) is 4.74 Å². The molecule has 3 heterocycles. The molecule has 0 aliphatic carbocycles. The van der Waals surface area contributed by atoms with Crippen LogP contribution < -0.4 is 0 Å². The Balaban J connectivity index is 1.55. The molecule has 3 fully saturated rings. The topological polar surface area (TPSA) is 32.8 Å². The molecule has 4 heteroatoms. The zero-order chi connectivity index (χ0) is 17.1. The molecule has 24 heavy (non-hydrogen) atoms. The summed E-state index contributed by atoms with van der Waals surface area (Å²) in [5.74, 6) is 1.22. The molecule has 0 saturated carbocycles. The fourth-order valence-electron chi connectivity index (χ4n) is 5.07. The van der Waals surface area contributed by atoms with Gasteiger partial charge in [0, 0.05) is 30.5 Å². The van der Waals surface area contributed by atoms with Crippen molar-refractivity contribution in [3.63, 3.8) is 0 Å². The Hall–Kier alpha value is -1.39. The standard InChI is InChI=1S/C20H28N2O2/c1-13-5-6-15(9-14(13)2)19(23)22-11-17-16(10-21(3)4)18-7-8-20(17,12-22)24-18/h5-6,9,16-18H,7-8,10-12H2,1-4H3/t16-,17+,18+,20+/m0/s1. The maximum absolute atomic E-state index is 13.0. The lowest BCUT2D eigenvalue weighted by molar-refractivity contribution is 0.00256. The van der Waals surface area contributed by atoms with Crippen LogP contribution in [-0.4, -0.2) is 61.1 Å². The van der Waals surface area contributed by atoms with Crippen molar-refractivity contribution in [3.8, 4) is 0 Å². The van der Waals surface area contributed by atoms with Crippen molar-refractivity contribution in [2.75, 3.05) is 33.7 Å². The summed E-state index contributed by atoms with van der Waals surface area (Å²) in [5, 5.41) is 0. The van der Waals surface area contributed by atoms with Crippen LogP contribution in [0.3, 0.4) is 0 Å². The highest BCUT2D eigenvalue weighted by Crippen LogP contribution is 2.55. The summed E-state index contributed by atoms with van der Waals surface area (Å²) in [5.41, 5.74) is 3.16. The molecule has 1 aromatic rings. The molecule has 4 rings (SSSR count). The minimum atomic E-state index is -0.0687. The largest absolute Gasteiger partial charge is 0.369 e. The molecule has 2 bridgehead atoms. The van der Waals surface area contributed by atoms with E-state index in [4.69, 9.17) is 4.74 Å². The van der Waals surface area contributed by atoms with E-state index in [0.717, 1.165) is 38.0 Å². The van der Waals surface area contributed by atoms with Gasteiger partial charge in [-0.1, -0.05) is 6.07 Å². The highest BCUT2D eigenvalue weighted by molar-refractivity contribution is 5.94. The maximum atomic E-state index is 13.0. The van der Waals surface area contributed by atoms with Crippen molar-refractivity contribution < 1.29 is 9.53 Å². The van der Waals surface area contributed by atoms with Gasteiger partial charge in [-0.15, -0.1) is 0 Å². The zero-order valence-electron chi connectivity index (χ0n) is 15.2. The van der Waals surface area contributed by atoms with Gasteiger partial charge < -0.3 is 14.5 Å². The lowest BCUT2D eigenvalue weighted by atomic mass is 9.73. The molecule has 0 aromatic heterocycles. The van der Waals surface area contributed by atoms with Crippen LogP contribution in [0.1, 0.15) is 34.3 Å². The first-order chi connectivity index (χ1) is 11.4. The second-order valence-electron chi connectivity index (χ2n) is 8.28. The first-order valence-electron chi connectivity index (χ1n) is 9.09. The molecule has 1 amide bonds. The van der Waals surface area contributed by atoms with Crippen molar-refractivity contribution >= 4 is 5.91 Å². The van der Waals surface area contributed by atoms with E-state index >= 15 is 0 Å². The Labute approximate surface area is 144 Å². The Morgan fingerprint density at radius 3 is 2.83 bits per heavy atom. The number of rotatable bonds is 3. The Morgan fingerprint density at radius 1 is 1.33 bits per heavy atom. The number of nitrogens with zero attached hydrogens (tertiary/aromatic N) is 2. The second kappa shape index (κ2) is 5.57. The number of likely N-dealkylation sites (tertiary alicyclic amines) is 1. The van der Waals surface area contributed by atoms with Gasteiger partial charge in [0.2, 0.25) is 0 Å². The fourth-order valence-corrected chi connectivity index (χ4v) is 5.07. The fraction of sp³-hybridized carbons (Fsp3) is 0.650. The van der Waals surface area contributed by atoms with Gasteiger partial charge in [-0.05, 0) is 64.0 Å². The smallest absolute Gasteiger partial charge is 0.253 e. The van der Waals surface area contributed by atoms with Crippen molar-refractivity contribution in [1.29, 1.82) is 0 Å². The molecular formula is C20H28N2O2. The lowest BCUT2D eigenvalue weighted by Crippen LogP contribution is -2.40. The van der Waals surface area contributed by atoms with Crippen molar-refractivity contribution in [3.05, 3.63) is 34.9 Å². The van der Waals surface area contributed by atoms with E-state index in [0.29, 0.717) is 17.9 Å². The quantitative estimate of drug-likeness (QED) is 0.855. The molecule has 1 spiro atoms. The van der Waals surface area contributed by atoms with Crippen molar-refractivity contribution in [2.24, 2.45) is 11.8 Å². The van der Waals surface area contributed by atoms with Gasteiger partial charge in [0.1, 0.15) is 0 Å². The first-order valence-corrected chi connectivity index (χ1v) is 9.09. The number of amides is 1. The van der Waals surface area contributed by atoms with Crippen LogP contribution in [0.2, 0.25) is 0 Å². The SMILES string of the molecule is Cc1ccc(C(=O)N2C[C@@H]3[C@H](CN(C)C)[C@H]4CC[C@]3(C2)O4)cc1C. The third kappa shape index (κ3) is 2.39. The van der Waals surface area contributed by atoms with E-state index in [1.807, 2.05) is 17.0 Å². The summed E-state index contributed by atoms with van der Waals surface area (Å²) < 4.78 is 6.44. The number of hydrogen-bond donors (Lipinski definition) is 0. The van der Waals surface area contributed by atoms with Crippen LogP contribution in [0.15, 0.2) is 18.2 Å². The number of hydrogen-bond acceptors (Lipinski definition) is 3. The molecule has 0 radical (unpaired) electrons. The lowest BCUT2D eigenvalue weighted by Gasteiger charge is -2.30. The second-order valence-corrected chi connectivity index (χ2v) is 8.28. The van der Waals surface area contributed by atoms with Crippen LogP contribution in [0.25, 0.3) is 0 Å². The predicted octanol–water partition coefficient (Wildman–Crippen LogP) is 2.48. The van der Waals surface area contributed by atoms with Crippen LogP contribution in [0, 0.1) is 25.7 Å². The third-order valence-electron chi connectivity index (χ3n) is 6.40. The molecule has 3 saturated heterocycles. The van der Waals surface area contributed by atoms with E-state index in [1.54, 1.807) is 0 Å². The van der Waals surface area contributed by atoms with E-state index in [9.17, 15) is 4.79 Å². The average Bonchev–Trinajstić information content (AvgIpc) is 3.18. The van der Waals surface area contributed by atoms with Crippen molar-refractivity contribution in [2.45, 2.75) is 38.4 Å². The van der Waals surface area contributed by atoms with Gasteiger partial charge in [-0.25, -0.2) is 0 Å². The Morgan fingerprint density at radius 2 is 2.12 bits per heavy atom. The van der Waals surface area contributed by atoms with Gasteiger partial charge in [-0.3, -0.25) is 4.79 Å². The van der Waals surface area contributed by atoms with Gasteiger partial charge in [0.05, 0.1) is 18.2 Å². The highest BCUT2D eigenvalue weighted by Gasteiger charge is 2.63. The van der Waals surface area contributed by atoms with Crippen LogP contribution in [0.4, 0.5) is 0 Å². The monoisotopic (exact) mass is 328 g/mol. The minimum absolute atomic E-state index is 0.0687. The predicted molar refractivity (Wildman–Crippen MR) is 94.2 cm³/mol. The number of fused-ring (bicyclic) bond motifs is 1. The van der Waals surface area contributed by atoms with E-state index in [1.165, 1.54) is 11.1 Å². The summed E-state index contributed by atoms with van der Waals surface area (Å²) in [7, 11) is 4.26. The molecule has 3 aliphatic rings. The number of aryl methyl sites for hydroxylation is 2. The molecule has 0 N–H and O–H groups in total. The van der Waals surface area contributed by atoms with Gasteiger partial charge in [0.25, 0.3) is 5.91 Å². The van der Waals surface area contributed by atoms with Crippen molar-refractivity contribution in [1.82, 2.24) is 9.80 Å². The molecule has 0 unspecified atom stereocenters. The summed E-state index contributed by atoms with van der Waals surface area (Å²) in [4.78, 5) is 17.3. The highest BCUT2D eigenvalue weighted by atomic mass is 16.5. The van der Waals surface area contributed by atoms with E-state index in [2.05, 4.69) is 38.9 Å². The summed E-state index contributed by atoms with van der Waals surface area (Å²) in [6.45, 7) is 6.83. The molecule has 130 valence electrons. The Bertz CT molecular complexity index is 672. The van der Waals surface area contributed by atoms with E-state index in [-0.39, 0.29) is 11.5 Å². The van der Waals surface area contributed by atoms with E-state index < -0.39 is 0 Å². The van der Waals surface area contributed by atoms with Gasteiger partial charge in [0.15, 0.2) is 0 Å². The summed E-state index contributed by atoms with van der Waals surface area (Å²) in [6.07, 6.45) is 2.67. The first kappa shape index (κ1) is 16.1. The summed E-state index contributed by atoms with van der Waals surface area (Å²) >= 11 is 0. The molecular weight excluding hydrogens is 300 g/mol. The van der Waals surface area contributed by atoms with Crippen LogP contribution >= 0.6 is 0 Å². The minimum Gasteiger partial charge on any atom is -0.369 e. The normalized spacial score (nSPS) is 34.2. The van der Waals surface area contributed by atoms with Crippen LogP contribution in [0.5, 0.6) is 0 Å². The molecule has 3 aliphatic heterocycles. The Kier molecular flexibility index (Phi) is 3.73. The molecule has 4 nitrogen and oxygen atoms in total. The maximum Gasteiger partial charge on any atom is 0.253 e. The average molecular weight is 328 g/mol. The van der Waals surface area contributed by atoms with Gasteiger partial charge in [-0.2, -0.15) is 0 Å². The number of benzene rings is 1. The summed E-state index contributed by atoms with van der Waals surface area (Å²) in [6, 6.07) is 6.04. The third-order valence-corrected chi connectivity index (χ3v) is 6.40. The molecule has 1 aromatic carbocycles.